The second-order valence-corrected chi connectivity index (χ2v) is 13.2. The van der Waals surface area contributed by atoms with Gasteiger partial charge in [0.2, 0.25) is 11.8 Å². The summed E-state index contributed by atoms with van der Waals surface area (Å²) < 4.78 is 16.9. The fourth-order valence-corrected chi connectivity index (χ4v) is 6.12. The molecule has 0 aliphatic rings. The lowest BCUT2D eigenvalue weighted by Gasteiger charge is -2.12. The van der Waals surface area contributed by atoms with E-state index in [1.165, 1.54) is 52.3 Å². The van der Waals surface area contributed by atoms with E-state index in [-0.39, 0.29) is 63.2 Å². The van der Waals surface area contributed by atoms with E-state index in [4.69, 9.17) is 13.9 Å². The number of fused-ring (bicyclic) bond motifs is 2. The van der Waals surface area contributed by atoms with Gasteiger partial charge >= 0.3 is 5.63 Å². The number of anilines is 2. The van der Waals surface area contributed by atoms with Crippen molar-refractivity contribution in [1.82, 2.24) is 0 Å². The van der Waals surface area contributed by atoms with Crippen LogP contribution in [0.1, 0.15) is 19.4 Å². The first-order valence-electron chi connectivity index (χ1n) is 18.1. The second kappa shape index (κ2) is 17.0. The number of phenolic OH excluding ortho intramolecular Hbond substituents is 1. The van der Waals surface area contributed by atoms with Crippen LogP contribution >= 0.6 is 0 Å². The van der Waals surface area contributed by atoms with E-state index in [9.17, 15) is 19.5 Å². The molecule has 15 nitrogen and oxygen atoms in total. The summed E-state index contributed by atoms with van der Waals surface area (Å²) in [5.74, 6) is -0.120. The van der Waals surface area contributed by atoms with Crippen LogP contribution in [0.4, 0.5) is 45.5 Å². The quantitative estimate of drug-likeness (QED) is 0.0854. The Kier molecular flexibility index (Phi) is 11.3. The van der Waals surface area contributed by atoms with Crippen molar-refractivity contribution >= 4 is 79.1 Å². The van der Waals surface area contributed by atoms with Gasteiger partial charge in [-0.15, -0.1) is 25.6 Å². The summed E-state index contributed by atoms with van der Waals surface area (Å²) in [5, 5.41) is 44.2. The number of nitrogens with zero attached hydrogens (tertiary/aromatic N) is 6. The van der Waals surface area contributed by atoms with Crippen LogP contribution < -0.4 is 25.7 Å². The minimum absolute atomic E-state index is 0.117. The van der Waals surface area contributed by atoms with Gasteiger partial charge in [-0.1, -0.05) is 54.1 Å². The van der Waals surface area contributed by atoms with Crippen LogP contribution in [0, 0.1) is 6.92 Å². The van der Waals surface area contributed by atoms with Gasteiger partial charge in [-0.25, -0.2) is 4.79 Å². The molecule has 0 unspecified atom stereocenters. The van der Waals surface area contributed by atoms with Crippen molar-refractivity contribution in [1.29, 1.82) is 0 Å². The van der Waals surface area contributed by atoms with Gasteiger partial charge < -0.3 is 29.6 Å². The summed E-state index contributed by atoms with van der Waals surface area (Å²) in [5.41, 5.74) is 4.48. The number of nitrogens with one attached hydrogen (secondary N) is 2. The van der Waals surface area contributed by atoms with Crippen LogP contribution in [0.5, 0.6) is 17.2 Å². The molecule has 3 N–H and O–H groups in total. The lowest BCUT2D eigenvalue weighted by Crippen LogP contribution is -2.06. The lowest BCUT2D eigenvalue weighted by atomic mass is 10.0. The number of aromatic hydroxyl groups is 1. The number of hydrogen-bond donors (Lipinski definition) is 3. The van der Waals surface area contributed by atoms with Crippen molar-refractivity contribution in [3.8, 4) is 28.4 Å². The van der Waals surface area contributed by atoms with E-state index >= 15 is 0 Å². The Morgan fingerprint density at radius 1 is 0.610 bits per heavy atom. The van der Waals surface area contributed by atoms with E-state index in [1.807, 2.05) is 49.4 Å². The molecule has 1 heterocycles. The van der Waals surface area contributed by atoms with Crippen LogP contribution in [0.2, 0.25) is 0 Å². The topological polar surface area (TPSA) is 201 Å². The Bertz CT molecular complexity index is 2920. The standard InChI is InChI=1S/C44H36N8O7/c1-24-10-12-27(13-11-24)32-18-28-14-15-29(19-41(28)59-44(32)56)47-49-36-22-42(57-4)39(20-34(36)45-25(2)53)52-50-37-23-43(58-5)38(21-35(37)46-26(3)54)51-48-33-16-17-40(55)31-9-7-6-8-30(31)33/h6-23,55H,1-5H3,(H,45,53)(H,46,54). The average molecular weight is 789 g/mol. The molecule has 1 aromatic heterocycles. The number of carbonyl (C=O) groups is 2. The number of rotatable bonds is 11. The minimum atomic E-state index is -0.485. The molecule has 59 heavy (non-hydrogen) atoms. The number of methoxy groups -OCH3 is 2. The third-order valence-electron chi connectivity index (χ3n) is 8.98. The Balaban J connectivity index is 1.20. The largest absolute Gasteiger partial charge is 0.507 e. The van der Waals surface area contributed by atoms with Crippen molar-refractivity contribution in [2.24, 2.45) is 30.7 Å². The third kappa shape index (κ3) is 8.84. The second-order valence-electron chi connectivity index (χ2n) is 13.2. The predicted molar refractivity (Wildman–Crippen MR) is 225 cm³/mol. The molecule has 2 amide bonds. The van der Waals surface area contributed by atoms with Crippen LogP contribution in [-0.2, 0) is 9.59 Å². The summed E-state index contributed by atoms with van der Waals surface area (Å²) in [6, 6.07) is 31.0. The van der Waals surface area contributed by atoms with E-state index in [0.29, 0.717) is 38.7 Å². The van der Waals surface area contributed by atoms with Gasteiger partial charge in [-0.3, -0.25) is 9.59 Å². The molecule has 15 heteroatoms. The number of benzene rings is 6. The molecule has 7 aromatic rings. The summed E-state index contributed by atoms with van der Waals surface area (Å²) in [7, 11) is 2.89. The highest BCUT2D eigenvalue weighted by Gasteiger charge is 2.16. The first kappa shape index (κ1) is 39.2. The van der Waals surface area contributed by atoms with Crippen molar-refractivity contribution in [3.63, 3.8) is 0 Å². The monoisotopic (exact) mass is 788 g/mol. The average Bonchev–Trinajstić information content (AvgIpc) is 3.22. The third-order valence-corrected chi connectivity index (χ3v) is 8.98. The zero-order valence-corrected chi connectivity index (χ0v) is 32.5. The maximum absolute atomic E-state index is 12.9. The number of phenols is 1. The normalized spacial score (nSPS) is 11.5. The molecule has 0 atom stereocenters. The molecule has 0 spiro atoms. The molecule has 6 aromatic carbocycles. The summed E-state index contributed by atoms with van der Waals surface area (Å²) >= 11 is 0. The van der Waals surface area contributed by atoms with Gasteiger partial charge in [0.15, 0.2) is 0 Å². The Hall–Kier alpha value is -8.07. The number of azo groups is 3. The number of carbonyl (C=O) groups excluding carboxylic acids is 2. The van der Waals surface area contributed by atoms with Gasteiger partial charge in [0, 0.05) is 48.2 Å². The first-order chi connectivity index (χ1) is 28.5. The van der Waals surface area contributed by atoms with Gasteiger partial charge in [0.05, 0.1) is 42.5 Å². The van der Waals surface area contributed by atoms with Crippen molar-refractivity contribution in [2.45, 2.75) is 20.8 Å². The molecule has 0 radical (unpaired) electrons. The first-order valence-corrected chi connectivity index (χ1v) is 18.1. The fourth-order valence-electron chi connectivity index (χ4n) is 6.12. The molecular formula is C44H36N8O7. The van der Waals surface area contributed by atoms with E-state index in [1.54, 1.807) is 42.5 Å². The molecular weight excluding hydrogens is 753 g/mol. The van der Waals surface area contributed by atoms with Gasteiger partial charge in [-0.2, -0.15) is 5.11 Å². The minimum Gasteiger partial charge on any atom is -0.507 e. The highest BCUT2D eigenvalue weighted by atomic mass is 16.5. The smallest absolute Gasteiger partial charge is 0.344 e. The van der Waals surface area contributed by atoms with Gasteiger partial charge in [-0.05, 0) is 55.0 Å². The molecule has 0 saturated carbocycles. The highest BCUT2D eigenvalue weighted by molar-refractivity contribution is 5.97. The number of amides is 2. The number of hydrogen-bond acceptors (Lipinski definition) is 13. The fraction of sp³-hybridized carbons (Fsp3) is 0.114. The van der Waals surface area contributed by atoms with E-state index in [2.05, 4.69) is 41.3 Å². The molecule has 7 rings (SSSR count). The maximum Gasteiger partial charge on any atom is 0.344 e. The van der Waals surface area contributed by atoms with Crippen LogP contribution in [0.25, 0.3) is 32.9 Å². The van der Waals surface area contributed by atoms with E-state index < -0.39 is 5.63 Å². The Labute approximate surface area is 336 Å². The van der Waals surface area contributed by atoms with Crippen molar-refractivity contribution < 1.29 is 28.6 Å². The van der Waals surface area contributed by atoms with Crippen LogP contribution in [0.3, 0.4) is 0 Å². The zero-order valence-electron chi connectivity index (χ0n) is 32.5. The van der Waals surface area contributed by atoms with E-state index in [0.717, 1.165) is 11.1 Å². The Morgan fingerprint density at radius 2 is 1.17 bits per heavy atom. The lowest BCUT2D eigenvalue weighted by molar-refractivity contribution is -0.115. The van der Waals surface area contributed by atoms with Crippen LogP contribution in [-0.4, -0.2) is 31.1 Å². The number of aryl methyl sites for hydroxylation is 1. The van der Waals surface area contributed by atoms with Crippen LogP contribution in [0.15, 0.2) is 149 Å². The predicted octanol–water partition coefficient (Wildman–Crippen LogP) is 11.8. The maximum atomic E-state index is 12.9. The number of ether oxygens (including phenoxy) is 2. The summed E-state index contributed by atoms with van der Waals surface area (Å²) in [4.78, 5) is 37.5. The molecule has 294 valence electrons. The molecule has 0 aliphatic carbocycles. The van der Waals surface area contributed by atoms with Crippen molar-refractivity contribution in [2.75, 3.05) is 24.9 Å². The molecule has 0 bridgehead atoms. The SMILES string of the molecule is COc1cc(N=Nc2ccc3cc(-c4ccc(C)cc4)c(=O)oc3c2)c(NC(C)=O)cc1N=Nc1cc(OC)c(N=Nc2ccc(O)c3ccccc23)cc1NC(C)=O. The van der Waals surface area contributed by atoms with Crippen molar-refractivity contribution in [3.05, 3.63) is 125 Å². The van der Waals surface area contributed by atoms with Gasteiger partial charge in [0.1, 0.15) is 45.6 Å². The molecule has 0 aliphatic heterocycles. The summed E-state index contributed by atoms with van der Waals surface area (Å²) in [6.07, 6.45) is 0. The Morgan fingerprint density at radius 3 is 1.76 bits per heavy atom. The van der Waals surface area contributed by atoms with Gasteiger partial charge in [0.25, 0.3) is 0 Å². The molecule has 0 fully saturated rings. The zero-order chi connectivity index (χ0) is 41.6. The highest BCUT2D eigenvalue weighted by Crippen LogP contribution is 2.43. The molecule has 0 saturated heterocycles. The summed E-state index contributed by atoms with van der Waals surface area (Å²) in [6.45, 7) is 4.67.